The summed E-state index contributed by atoms with van der Waals surface area (Å²) in [6, 6.07) is 9.15. The highest BCUT2D eigenvalue weighted by Gasteiger charge is 2.33. The van der Waals surface area contributed by atoms with Crippen molar-refractivity contribution < 1.29 is 4.74 Å². The molecule has 0 aliphatic carbocycles. The Labute approximate surface area is 155 Å². The number of rotatable bonds is 3. The molecule has 1 atom stereocenters. The number of hydrogen-bond acceptors (Lipinski definition) is 4. The molecular weight excluding hydrogens is 348 g/mol. The van der Waals surface area contributed by atoms with Crippen molar-refractivity contribution in [2.75, 3.05) is 0 Å². The molecule has 4 rings (SSSR count). The van der Waals surface area contributed by atoms with E-state index in [0.717, 1.165) is 21.7 Å². The van der Waals surface area contributed by atoms with Crippen molar-refractivity contribution in [3.05, 3.63) is 61.6 Å². The lowest BCUT2D eigenvalue weighted by molar-refractivity contribution is -0.0543. The van der Waals surface area contributed by atoms with Crippen LogP contribution in [0.25, 0.3) is 15.9 Å². The van der Waals surface area contributed by atoms with Crippen molar-refractivity contribution in [1.82, 2.24) is 9.13 Å². The smallest absolute Gasteiger partial charge is 0.336 e. The Bertz CT molecular complexity index is 1090. The van der Waals surface area contributed by atoms with E-state index in [1.54, 1.807) is 16.7 Å². The second-order valence-electron chi connectivity index (χ2n) is 6.96. The van der Waals surface area contributed by atoms with Gasteiger partial charge in [-0.25, -0.2) is 9.36 Å². The molecule has 3 heterocycles. The van der Waals surface area contributed by atoms with Crippen LogP contribution in [-0.4, -0.2) is 14.7 Å². The Balaban J connectivity index is 2.09. The summed E-state index contributed by atoms with van der Waals surface area (Å²) in [5.41, 5.74) is 0.889. The number of aromatic nitrogens is 2. The zero-order valence-electron chi connectivity index (χ0n) is 15.2. The minimum atomic E-state index is -0.283. The molecule has 3 aromatic rings. The van der Waals surface area contributed by atoms with Crippen LogP contribution in [0.5, 0.6) is 0 Å². The first kappa shape index (κ1) is 17.2. The van der Waals surface area contributed by atoms with Gasteiger partial charge in [0.05, 0.1) is 23.3 Å². The van der Waals surface area contributed by atoms with Crippen molar-refractivity contribution in [3.8, 4) is 5.69 Å². The molecule has 1 aromatic carbocycles. The maximum Gasteiger partial charge on any atom is 0.336 e. The van der Waals surface area contributed by atoms with Gasteiger partial charge < -0.3 is 4.74 Å². The fourth-order valence-electron chi connectivity index (χ4n) is 3.59. The van der Waals surface area contributed by atoms with Gasteiger partial charge in [-0.2, -0.15) is 0 Å². The average Bonchev–Trinajstić information content (AvgIpc) is 3.01. The van der Waals surface area contributed by atoms with Crippen LogP contribution >= 0.6 is 11.3 Å². The summed E-state index contributed by atoms with van der Waals surface area (Å²) >= 11 is 1.52. The first-order chi connectivity index (χ1) is 12.5. The highest BCUT2D eigenvalue weighted by molar-refractivity contribution is 7.18. The number of hydrogen-bond donors (Lipinski definition) is 0. The molecule has 1 unspecified atom stereocenters. The molecule has 2 aromatic heterocycles. The lowest BCUT2D eigenvalue weighted by Gasteiger charge is -2.32. The summed E-state index contributed by atoms with van der Waals surface area (Å²) in [5.74, 6) is 0. The average molecular weight is 370 g/mol. The van der Waals surface area contributed by atoms with Gasteiger partial charge in [0.1, 0.15) is 4.83 Å². The van der Waals surface area contributed by atoms with Gasteiger partial charge in [0, 0.05) is 17.8 Å². The molecule has 0 radical (unpaired) electrons. The van der Waals surface area contributed by atoms with Gasteiger partial charge in [-0.1, -0.05) is 25.1 Å². The first-order valence-electron chi connectivity index (χ1n) is 8.98. The maximum absolute atomic E-state index is 13.4. The Kier molecular flexibility index (Phi) is 4.12. The van der Waals surface area contributed by atoms with E-state index in [1.807, 2.05) is 25.1 Å². The van der Waals surface area contributed by atoms with E-state index in [2.05, 4.69) is 13.8 Å². The summed E-state index contributed by atoms with van der Waals surface area (Å²) < 4.78 is 9.05. The van der Waals surface area contributed by atoms with Gasteiger partial charge >= 0.3 is 5.69 Å². The number of ether oxygens (including phenoxy) is 1. The van der Waals surface area contributed by atoms with Gasteiger partial charge in [-0.15, -0.1) is 11.3 Å². The number of fused-ring (bicyclic) bond motifs is 3. The number of aryl methyl sites for hydroxylation is 1. The monoisotopic (exact) mass is 370 g/mol. The van der Waals surface area contributed by atoms with Crippen molar-refractivity contribution in [3.63, 3.8) is 0 Å². The predicted octanol–water partition coefficient (Wildman–Crippen LogP) is 3.48. The largest absolute Gasteiger partial charge is 0.369 e. The number of nitrogens with zero attached hydrogens (tertiary/aromatic N) is 2. The van der Waals surface area contributed by atoms with E-state index in [-0.39, 0.29) is 16.9 Å². The molecule has 0 bridgehead atoms. The lowest BCUT2D eigenvalue weighted by Crippen LogP contribution is -2.39. The minimum Gasteiger partial charge on any atom is -0.369 e. The predicted molar refractivity (Wildman–Crippen MR) is 105 cm³/mol. The topological polar surface area (TPSA) is 53.2 Å². The van der Waals surface area contributed by atoms with E-state index >= 15 is 0 Å². The fourth-order valence-corrected chi connectivity index (χ4v) is 4.87. The molecule has 0 spiro atoms. The molecule has 5 nitrogen and oxygen atoms in total. The summed E-state index contributed by atoms with van der Waals surface area (Å²) in [5, 5.41) is 0.679. The Morgan fingerprint density at radius 3 is 2.58 bits per heavy atom. The second-order valence-corrected chi connectivity index (χ2v) is 8.04. The third kappa shape index (κ3) is 2.47. The minimum absolute atomic E-state index is 0.223. The summed E-state index contributed by atoms with van der Waals surface area (Å²) in [7, 11) is 0. The normalized spacial score (nSPS) is 19.7. The summed E-state index contributed by atoms with van der Waals surface area (Å²) in [6.07, 6.45) is 1.58. The van der Waals surface area contributed by atoms with Gasteiger partial charge in [0.2, 0.25) is 0 Å². The van der Waals surface area contributed by atoms with E-state index in [4.69, 9.17) is 4.74 Å². The highest BCUT2D eigenvalue weighted by atomic mass is 32.1. The van der Waals surface area contributed by atoms with E-state index < -0.39 is 0 Å². The third-order valence-electron chi connectivity index (χ3n) is 5.34. The van der Waals surface area contributed by atoms with Crippen LogP contribution in [0.3, 0.4) is 0 Å². The molecule has 1 aliphatic heterocycles. The Morgan fingerprint density at radius 1 is 1.19 bits per heavy atom. The van der Waals surface area contributed by atoms with E-state index in [0.29, 0.717) is 30.6 Å². The van der Waals surface area contributed by atoms with Crippen LogP contribution in [-0.2, 0) is 24.3 Å². The highest BCUT2D eigenvalue weighted by Crippen LogP contribution is 2.38. The van der Waals surface area contributed by atoms with Crippen LogP contribution in [0.1, 0.15) is 37.6 Å². The number of para-hydroxylation sites is 1. The van der Waals surface area contributed by atoms with Crippen LogP contribution in [0.15, 0.2) is 39.9 Å². The number of thiophene rings is 1. The fraction of sp³-hybridized carbons (Fsp3) is 0.400. The van der Waals surface area contributed by atoms with Crippen LogP contribution < -0.4 is 11.2 Å². The standard InChI is InChI=1S/C20H22N2O3S/c1-4-20(3)11-14-15(12-25-20)26-18-16(14)17(23)22(19(24)21(18)5-2)13-9-7-6-8-10-13/h6-10H,4-5,11-12H2,1-3H3. The Morgan fingerprint density at radius 2 is 1.92 bits per heavy atom. The molecule has 0 N–H and O–H groups in total. The van der Waals surface area contributed by atoms with Gasteiger partial charge in [-0.3, -0.25) is 9.36 Å². The molecule has 0 fully saturated rings. The molecule has 1 aliphatic rings. The van der Waals surface area contributed by atoms with Gasteiger partial charge in [-0.05, 0) is 38.0 Å². The quantitative estimate of drug-likeness (QED) is 0.709. The van der Waals surface area contributed by atoms with Crippen LogP contribution in [0.2, 0.25) is 0 Å². The van der Waals surface area contributed by atoms with Crippen molar-refractivity contribution in [1.29, 1.82) is 0 Å². The first-order valence-corrected chi connectivity index (χ1v) is 9.80. The Hall–Kier alpha value is -2.18. The zero-order chi connectivity index (χ0) is 18.5. The lowest BCUT2D eigenvalue weighted by atomic mass is 9.90. The van der Waals surface area contributed by atoms with Crippen molar-refractivity contribution in [2.24, 2.45) is 0 Å². The van der Waals surface area contributed by atoms with Crippen LogP contribution in [0, 0.1) is 0 Å². The zero-order valence-corrected chi connectivity index (χ0v) is 16.1. The maximum atomic E-state index is 13.4. The molecule has 0 amide bonds. The van der Waals surface area contributed by atoms with E-state index in [9.17, 15) is 9.59 Å². The molecule has 6 heteroatoms. The van der Waals surface area contributed by atoms with Crippen LogP contribution in [0.4, 0.5) is 0 Å². The van der Waals surface area contributed by atoms with Crippen molar-refractivity contribution in [2.45, 2.75) is 52.4 Å². The second kappa shape index (κ2) is 6.21. The summed E-state index contributed by atoms with van der Waals surface area (Å²) in [4.78, 5) is 28.2. The summed E-state index contributed by atoms with van der Waals surface area (Å²) in [6.45, 7) is 7.15. The van der Waals surface area contributed by atoms with Gasteiger partial charge in [0.15, 0.2) is 0 Å². The molecule has 136 valence electrons. The van der Waals surface area contributed by atoms with Gasteiger partial charge in [0.25, 0.3) is 5.56 Å². The third-order valence-corrected chi connectivity index (χ3v) is 6.57. The molecule has 0 saturated heterocycles. The molecule has 0 saturated carbocycles. The van der Waals surface area contributed by atoms with Crippen molar-refractivity contribution >= 4 is 21.6 Å². The molecule has 26 heavy (non-hydrogen) atoms. The number of benzene rings is 1. The molecular formula is C20H22N2O3S. The van der Waals surface area contributed by atoms with E-state index in [1.165, 1.54) is 15.9 Å². The SMILES string of the molecule is CCn1c(=O)n(-c2ccccc2)c(=O)c2c3c(sc21)COC(C)(CC)C3.